The van der Waals surface area contributed by atoms with Crippen molar-refractivity contribution in [2.24, 2.45) is 5.73 Å². The molecular formula is C5H11NO4. The van der Waals surface area contributed by atoms with E-state index < -0.39 is 18.3 Å². The quantitative estimate of drug-likeness (QED) is 0.324. The van der Waals surface area contributed by atoms with E-state index in [1.807, 2.05) is 0 Å². The van der Waals surface area contributed by atoms with Crippen LogP contribution in [-0.2, 0) is 4.79 Å². The van der Waals surface area contributed by atoms with E-state index in [-0.39, 0.29) is 12.8 Å². The van der Waals surface area contributed by atoms with Gasteiger partial charge in [-0.3, -0.25) is 0 Å². The van der Waals surface area contributed by atoms with Gasteiger partial charge in [0.2, 0.25) is 0 Å². The molecule has 0 aliphatic rings. The van der Waals surface area contributed by atoms with E-state index in [2.05, 4.69) is 0 Å². The minimum Gasteiger partial charge on any atom is -0.389 e. The number of nitrogens with two attached hydrogens (primary N) is 1. The molecule has 0 aromatic heterocycles. The zero-order valence-electron chi connectivity index (χ0n) is 5.34. The van der Waals surface area contributed by atoms with Crippen molar-refractivity contribution in [2.75, 3.05) is 6.54 Å². The van der Waals surface area contributed by atoms with Crippen molar-refractivity contribution in [1.29, 1.82) is 0 Å². The van der Waals surface area contributed by atoms with Crippen molar-refractivity contribution in [1.82, 2.24) is 0 Å². The van der Waals surface area contributed by atoms with E-state index in [1.54, 1.807) is 0 Å². The topological polar surface area (TPSA) is 104 Å². The smallest absolute Gasteiger partial charge is 0.151 e. The minimum absolute atomic E-state index is 0.142. The molecule has 0 heterocycles. The lowest BCUT2D eigenvalue weighted by Crippen LogP contribution is -2.42. The standard InChI is InChI=1S/C5H11NO4/c6-1-3(8)5(10)4(9)2-7/h2-5,8-10H,1,6H2/t3-,4+,5-/m1/s1. The normalized spacial score (nSPS) is 19.6. The molecule has 0 fully saturated rings. The maximum atomic E-state index is 9.80. The fourth-order valence-electron chi connectivity index (χ4n) is 0.448. The third-order valence-electron chi connectivity index (χ3n) is 1.13. The van der Waals surface area contributed by atoms with Gasteiger partial charge < -0.3 is 25.8 Å². The summed E-state index contributed by atoms with van der Waals surface area (Å²) in [5.41, 5.74) is 4.93. The molecule has 10 heavy (non-hydrogen) atoms. The zero-order valence-corrected chi connectivity index (χ0v) is 5.34. The number of carbonyl (C=O) groups excluding carboxylic acids is 1. The molecule has 0 rings (SSSR count). The summed E-state index contributed by atoms with van der Waals surface area (Å²) in [4.78, 5) is 9.80. The number of aliphatic hydroxyl groups is 3. The Kier molecular flexibility index (Phi) is 4.13. The lowest BCUT2D eigenvalue weighted by molar-refractivity contribution is -0.125. The van der Waals surface area contributed by atoms with Gasteiger partial charge >= 0.3 is 0 Å². The molecule has 0 saturated heterocycles. The highest BCUT2D eigenvalue weighted by molar-refractivity contribution is 5.56. The third-order valence-corrected chi connectivity index (χ3v) is 1.13. The van der Waals surface area contributed by atoms with E-state index in [0.29, 0.717) is 0 Å². The predicted octanol–water partition coefficient (Wildman–Crippen LogP) is -2.77. The summed E-state index contributed by atoms with van der Waals surface area (Å²) in [6.07, 6.45) is -4.15. The third kappa shape index (κ3) is 2.40. The van der Waals surface area contributed by atoms with Crippen LogP contribution < -0.4 is 5.73 Å². The van der Waals surface area contributed by atoms with Gasteiger partial charge in [-0.05, 0) is 0 Å². The van der Waals surface area contributed by atoms with Crippen molar-refractivity contribution in [3.8, 4) is 0 Å². The van der Waals surface area contributed by atoms with Gasteiger partial charge in [0.05, 0.1) is 6.10 Å². The lowest BCUT2D eigenvalue weighted by Gasteiger charge is -2.16. The fraction of sp³-hybridized carbons (Fsp3) is 0.800. The second kappa shape index (κ2) is 4.35. The molecule has 0 bridgehead atoms. The number of carbonyl (C=O) groups is 1. The van der Waals surface area contributed by atoms with Gasteiger partial charge in [0.15, 0.2) is 6.29 Å². The molecule has 0 radical (unpaired) electrons. The molecule has 5 heteroatoms. The number of hydrogen-bond acceptors (Lipinski definition) is 5. The number of aliphatic hydroxyl groups excluding tert-OH is 3. The summed E-state index contributed by atoms with van der Waals surface area (Å²) < 4.78 is 0. The first kappa shape index (κ1) is 9.51. The van der Waals surface area contributed by atoms with Crippen LogP contribution in [0.2, 0.25) is 0 Å². The van der Waals surface area contributed by atoms with Gasteiger partial charge in [0.1, 0.15) is 12.2 Å². The first-order valence-electron chi connectivity index (χ1n) is 2.83. The molecule has 0 spiro atoms. The second-order valence-corrected chi connectivity index (χ2v) is 1.92. The van der Waals surface area contributed by atoms with Gasteiger partial charge in [-0.1, -0.05) is 0 Å². The van der Waals surface area contributed by atoms with Crippen molar-refractivity contribution in [3.63, 3.8) is 0 Å². The van der Waals surface area contributed by atoms with Crippen molar-refractivity contribution in [3.05, 3.63) is 0 Å². The largest absolute Gasteiger partial charge is 0.389 e. The van der Waals surface area contributed by atoms with Gasteiger partial charge in [-0.2, -0.15) is 0 Å². The average Bonchev–Trinajstić information content (AvgIpc) is 2.00. The molecule has 0 aromatic carbocycles. The van der Waals surface area contributed by atoms with Crippen molar-refractivity contribution < 1.29 is 20.1 Å². The van der Waals surface area contributed by atoms with Gasteiger partial charge in [0, 0.05) is 6.54 Å². The Morgan fingerprint density at radius 1 is 1.40 bits per heavy atom. The minimum atomic E-state index is -1.56. The van der Waals surface area contributed by atoms with Crippen LogP contribution >= 0.6 is 0 Å². The van der Waals surface area contributed by atoms with Crippen LogP contribution in [0.5, 0.6) is 0 Å². The number of rotatable bonds is 4. The number of aldehydes is 1. The molecule has 5 nitrogen and oxygen atoms in total. The summed E-state index contributed by atoms with van der Waals surface area (Å²) in [7, 11) is 0. The van der Waals surface area contributed by atoms with Gasteiger partial charge in [-0.15, -0.1) is 0 Å². The highest BCUT2D eigenvalue weighted by atomic mass is 16.4. The first-order valence-corrected chi connectivity index (χ1v) is 2.83. The Morgan fingerprint density at radius 2 is 1.90 bits per heavy atom. The molecular weight excluding hydrogens is 138 g/mol. The first-order chi connectivity index (χ1) is 4.63. The zero-order chi connectivity index (χ0) is 8.15. The summed E-state index contributed by atoms with van der Waals surface area (Å²) in [5.74, 6) is 0. The van der Waals surface area contributed by atoms with Crippen LogP contribution in [0.25, 0.3) is 0 Å². The molecule has 0 saturated carbocycles. The summed E-state index contributed by atoms with van der Waals surface area (Å²) in [5, 5.41) is 26.1. The van der Waals surface area contributed by atoms with Gasteiger partial charge in [-0.25, -0.2) is 0 Å². The Labute approximate surface area is 58.1 Å². The van der Waals surface area contributed by atoms with Gasteiger partial charge in [0.25, 0.3) is 0 Å². The van der Waals surface area contributed by atoms with Crippen LogP contribution in [-0.4, -0.2) is 46.5 Å². The monoisotopic (exact) mass is 149 g/mol. The number of hydrogen-bond donors (Lipinski definition) is 4. The second-order valence-electron chi connectivity index (χ2n) is 1.92. The van der Waals surface area contributed by atoms with Crippen LogP contribution in [0.3, 0.4) is 0 Å². The molecule has 0 unspecified atom stereocenters. The van der Waals surface area contributed by atoms with Crippen molar-refractivity contribution >= 4 is 6.29 Å². The van der Waals surface area contributed by atoms with E-state index in [9.17, 15) is 4.79 Å². The molecule has 3 atom stereocenters. The highest BCUT2D eigenvalue weighted by Crippen LogP contribution is 1.95. The Bertz CT molecular complexity index is 108. The summed E-state index contributed by atoms with van der Waals surface area (Å²) >= 11 is 0. The van der Waals surface area contributed by atoms with Crippen LogP contribution in [0.4, 0.5) is 0 Å². The van der Waals surface area contributed by atoms with E-state index in [4.69, 9.17) is 21.1 Å². The maximum absolute atomic E-state index is 9.80. The van der Waals surface area contributed by atoms with E-state index in [0.717, 1.165) is 0 Å². The summed E-state index contributed by atoms with van der Waals surface area (Å²) in [6, 6.07) is 0. The Morgan fingerprint density at radius 3 is 2.20 bits per heavy atom. The molecule has 0 aromatic rings. The molecule has 0 aliphatic heterocycles. The van der Waals surface area contributed by atoms with E-state index in [1.165, 1.54) is 0 Å². The average molecular weight is 149 g/mol. The van der Waals surface area contributed by atoms with Crippen LogP contribution in [0.15, 0.2) is 0 Å². The fourth-order valence-corrected chi connectivity index (χ4v) is 0.448. The Balaban J connectivity index is 3.80. The highest BCUT2D eigenvalue weighted by Gasteiger charge is 2.22. The molecule has 60 valence electrons. The molecule has 0 amide bonds. The van der Waals surface area contributed by atoms with Crippen LogP contribution in [0, 0.1) is 0 Å². The van der Waals surface area contributed by atoms with E-state index >= 15 is 0 Å². The molecule has 5 N–H and O–H groups in total. The SMILES string of the molecule is NC[C@@H](O)[C@@H](O)[C@@H](O)C=O. The summed E-state index contributed by atoms with van der Waals surface area (Å²) in [6.45, 7) is -0.188. The molecule has 0 aliphatic carbocycles. The maximum Gasteiger partial charge on any atom is 0.151 e. The predicted molar refractivity (Wildman–Crippen MR) is 33.1 cm³/mol. The van der Waals surface area contributed by atoms with Crippen molar-refractivity contribution in [2.45, 2.75) is 18.3 Å². The Hall–Kier alpha value is -0.490. The van der Waals surface area contributed by atoms with Crippen LogP contribution in [0.1, 0.15) is 0 Å². The lowest BCUT2D eigenvalue weighted by atomic mass is 10.1.